The van der Waals surface area contributed by atoms with Gasteiger partial charge in [-0.05, 0) is 31.4 Å². The Labute approximate surface area is 126 Å². The van der Waals surface area contributed by atoms with Gasteiger partial charge in [0.1, 0.15) is 12.3 Å². The first-order chi connectivity index (χ1) is 9.79. The summed E-state index contributed by atoms with van der Waals surface area (Å²) in [6.07, 6.45) is 0. The van der Waals surface area contributed by atoms with E-state index in [1.165, 1.54) is 18.2 Å². The van der Waals surface area contributed by atoms with Gasteiger partial charge in [0.2, 0.25) is 11.6 Å². The van der Waals surface area contributed by atoms with Gasteiger partial charge in [0.15, 0.2) is 11.4 Å². The van der Waals surface area contributed by atoms with E-state index in [2.05, 4.69) is 44.5 Å². The predicted octanol–water partition coefficient (Wildman–Crippen LogP) is 3.72. The number of aromatic hydroxyl groups is 1. The Morgan fingerprint density at radius 3 is 2.57 bits per heavy atom. The summed E-state index contributed by atoms with van der Waals surface area (Å²) in [6, 6.07) is 1.80. The van der Waals surface area contributed by atoms with Gasteiger partial charge in [-0.2, -0.15) is 4.58 Å². The average Bonchev–Trinajstić information content (AvgIpc) is 2.64. The fourth-order valence-electron chi connectivity index (χ4n) is 3.23. The number of hydrogen-bond acceptors (Lipinski definition) is 2. The zero-order chi connectivity index (χ0) is 15.9. The maximum atomic E-state index is 11.5. The third-order valence-electron chi connectivity index (χ3n) is 4.35. The molecule has 114 valence electrons. The van der Waals surface area contributed by atoms with Crippen molar-refractivity contribution in [1.29, 1.82) is 0 Å². The summed E-state index contributed by atoms with van der Waals surface area (Å²) in [4.78, 5) is 11.5. The highest BCUT2D eigenvalue weighted by Crippen LogP contribution is 2.48. The molecular formula is C17H25N2O2+. The molecule has 4 nitrogen and oxygen atoms in total. The molecule has 1 amide bonds. The molecule has 0 fully saturated rings. The van der Waals surface area contributed by atoms with Crippen LogP contribution < -0.4 is 5.32 Å². The quantitative estimate of drug-likeness (QED) is 0.658. The van der Waals surface area contributed by atoms with Crippen molar-refractivity contribution < 1.29 is 14.5 Å². The number of amides is 1. The fourth-order valence-corrected chi connectivity index (χ4v) is 3.23. The maximum absolute atomic E-state index is 11.5. The number of fused-ring (bicyclic) bond motifs is 1. The van der Waals surface area contributed by atoms with Gasteiger partial charge >= 0.3 is 0 Å². The van der Waals surface area contributed by atoms with E-state index in [-0.39, 0.29) is 11.7 Å². The van der Waals surface area contributed by atoms with Crippen LogP contribution in [0.4, 0.5) is 11.4 Å². The summed E-state index contributed by atoms with van der Waals surface area (Å²) in [7, 11) is 0. The first-order valence-corrected chi connectivity index (χ1v) is 7.57. The molecule has 0 aromatic heterocycles. The van der Waals surface area contributed by atoms with E-state index in [1.807, 2.05) is 0 Å². The summed E-state index contributed by atoms with van der Waals surface area (Å²) >= 11 is 0. The minimum atomic E-state index is -0.168. The lowest BCUT2D eigenvalue weighted by molar-refractivity contribution is -0.433. The summed E-state index contributed by atoms with van der Waals surface area (Å²) in [5.41, 5.74) is 5.13. The van der Waals surface area contributed by atoms with E-state index >= 15 is 0 Å². The van der Waals surface area contributed by atoms with Crippen LogP contribution in [0, 0.1) is 0 Å². The van der Waals surface area contributed by atoms with Gasteiger partial charge in [-0.3, -0.25) is 4.79 Å². The minimum absolute atomic E-state index is 0.146. The molecule has 1 aliphatic rings. The van der Waals surface area contributed by atoms with Crippen molar-refractivity contribution in [2.45, 2.75) is 53.4 Å². The topological polar surface area (TPSA) is 52.3 Å². The maximum Gasteiger partial charge on any atom is 0.237 e. The summed E-state index contributed by atoms with van der Waals surface area (Å²) in [6.45, 7) is 12.9. The number of benzene rings is 1. The van der Waals surface area contributed by atoms with Gasteiger partial charge < -0.3 is 10.4 Å². The molecule has 21 heavy (non-hydrogen) atoms. The number of hydrogen-bond donors (Lipinski definition) is 2. The molecule has 1 aliphatic heterocycles. The molecule has 4 heteroatoms. The second kappa shape index (κ2) is 5.51. The van der Waals surface area contributed by atoms with Crippen molar-refractivity contribution >= 4 is 23.0 Å². The number of carbonyl (C=O) groups excluding carboxylic acids is 1. The molecule has 1 aromatic rings. The van der Waals surface area contributed by atoms with Crippen molar-refractivity contribution in [2.24, 2.45) is 0 Å². The van der Waals surface area contributed by atoms with Crippen LogP contribution in [0.3, 0.4) is 0 Å². The third-order valence-corrected chi connectivity index (χ3v) is 4.35. The number of nitrogens with zero attached hydrogens (tertiary/aromatic N) is 1. The lowest BCUT2D eigenvalue weighted by atomic mass is 9.87. The molecule has 1 atom stereocenters. The molecule has 0 spiro atoms. The van der Waals surface area contributed by atoms with Crippen LogP contribution in [0.15, 0.2) is 6.07 Å². The fraction of sp³-hybridized carbons (Fsp3) is 0.529. The van der Waals surface area contributed by atoms with Crippen molar-refractivity contribution in [3.63, 3.8) is 0 Å². The van der Waals surface area contributed by atoms with Crippen molar-refractivity contribution in [1.82, 2.24) is 0 Å². The molecule has 1 heterocycles. The summed E-state index contributed by atoms with van der Waals surface area (Å²) in [5, 5.41) is 13.2. The number of rotatable bonds is 3. The van der Waals surface area contributed by atoms with Crippen LogP contribution in [0.5, 0.6) is 5.75 Å². The number of nitrogens with one attached hydrogen (secondary N) is 1. The molecule has 1 aromatic carbocycles. The molecule has 2 N–H and O–H groups in total. The van der Waals surface area contributed by atoms with E-state index in [4.69, 9.17) is 0 Å². The molecule has 0 bridgehead atoms. The Morgan fingerprint density at radius 2 is 2.10 bits per heavy atom. The van der Waals surface area contributed by atoms with E-state index in [9.17, 15) is 9.90 Å². The number of phenolic OH excluding ortho intramolecular Hbond substituents is 1. The smallest absolute Gasteiger partial charge is 0.237 e. The van der Waals surface area contributed by atoms with Crippen LogP contribution in [0.25, 0.3) is 0 Å². The largest absolute Gasteiger partial charge is 0.505 e. The molecule has 2 rings (SSSR count). The second-order valence-corrected chi connectivity index (χ2v) is 6.07. The molecule has 0 radical (unpaired) electrons. The monoisotopic (exact) mass is 289 g/mol. The Bertz CT molecular complexity index is 630. The third kappa shape index (κ3) is 2.43. The lowest BCUT2D eigenvalue weighted by Crippen LogP contribution is -2.13. The van der Waals surface area contributed by atoms with Gasteiger partial charge in [0.25, 0.3) is 0 Å². The predicted molar refractivity (Wildman–Crippen MR) is 86.1 cm³/mol. The normalized spacial score (nSPS) is 17.4. The highest BCUT2D eigenvalue weighted by molar-refractivity contribution is 5.99. The zero-order valence-corrected chi connectivity index (χ0v) is 13.7. The average molecular weight is 289 g/mol. The van der Waals surface area contributed by atoms with Gasteiger partial charge in [-0.25, -0.2) is 0 Å². The molecule has 0 aliphatic carbocycles. The van der Waals surface area contributed by atoms with Crippen molar-refractivity contribution in [3.05, 3.63) is 17.2 Å². The summed E-state index contributed by atoms with van der Waals surface area (Å²) in [5.74, 6) is 0.597. The summed E-state index contributed by atoms with van der Waals surface area (Å²) < 4.78 is 2.19. The first kappa shape index (κ1) is 15.5. The Hall–Kier alpha value is -1.84. The SMILES string of the molecule is CC[N+]1=C(C)C(C)c2c(C(C)C)cc(O)c(NC(C)=O)c21. The Kier molecular flexibility index (Phi) is 4.08. The Morgan fingerprint density at radius 1 is 1.48 bits per heavy atom. The standard InChI is InChI=1S/C17H24N2O2/c1-7-19-11(5)10(4)15-13(9(2)3)8-14(21)16(17(15)19)18-12(6)20/h8-10H,7H2,1-6H3,(H-,18,20,21)/p+1. The van der Waals surface area contributed by atoms with Crippen LogP contribution in [-0.4, -0.2) is 27.8 Å². The minimum Gasteiger partial charge on any atom is -0.505 e. The molecular weight excluding hydrogens is 264 g/mol. The van der Waals surface area contributed by atoms with Gasteiger partial charge in [-0.15, -0.1) is 0 Å². The molecule has 1 unspecified atom stereocenters. The first-order valence-electron chi connectivity index (χ1n) is 7.57. The Balaban J connectivity index is 2.81. The van der Waals surface area contributed by atoms with Gasteiger partial charge in [0, 0.05) is 19.4 Å². The number of anilines is 1. The lowest BCUT2D eigenvalue weighted by Gasteiger charge is -2.16. The highest BCUT2D eigenvalue weighted by atomic mass is 16.3. The highest BCUT2D eigenvalue weighted by Gasteiger charge is 2.39. The van der Waals surface area contributed by atoms with Crippen LogP contribution >= 0.6 is 0 Å². The van der Waals surface area contributed by atoms with Crippen LogP contribution in [-0.2, 0) is 4.79 Å². The van der Waals surface area contributed by atoms with E-state index in [0.29, 0.717) is 17.5 Å². The van der Waals surface area contributed by atoms with Crippen molar-refractivity contribution in [2.75, 3.05) is 11.9 Å². The van der Waals surface area contributed by atoms with E-state index in [1.54, 1.807) is 6.07 Å². The van der Waals surface area contributed by atoms with Crippen LogP contribution in [0.1, 0.15) is 64.5 Å². The number of phenols is 1. The molecule has 0 saturated carbocycles. The van der Waals surface area contributed by atoms with Gasteiger partial charge in [0.05, 0.1) is 5.92 Å². The van der Waals surface area contributed by atoms with Gasteiger partial charge in [-0.1, -0.05) is 13.8 Å². The number of carbonyl (C=O) groups is 1. The van der Waals surface area contributed by atoms with E-state index < -0.39 is 0 Å². The van der Waals surface area contributed by atoms with Crippen molar-refractivity contribution in [3.8, 4) is 5.75 Å². The zero-order valence-electron chi connectivity index (χ0n) is 13.7. The molecule has 0 saturated heterocycles. The second-order valence-electron chi connectivity index (χ2n) is 6.07. The van der Waals surface area contributed by atoms with E-state index in [0.717, 1.165) is 17.8 Å². The van der Waals surface area contributed by atoms with Crippen LogP contribution in [0.2, 0.25) is 0 Å².